The number of hydrogen-bond acceptors (Lipinski definition) is 5. The van der Waals surface area contributed by atoms with Gasteiger partial charge in [-0.2, -0.15) is 0 Å². The van der Waals surface area contributed by atoms with Crippen LogP contribution in [-0.4, -0.2) is 33.3 Å². The normalized spacial score (nSPS) is 13.2. The van der Waals surface area contributed by atoms with E-state index in [2.05, 4.69) is 20.7 Å². The molecular formula is C14H16BrNO4S2. The average molecular weight is 406 g/mol. The van der Waals surface area contributed by atoms with Gasteiger partial charge in [0.15, 0.2) is 0 Å². The van der Waals surface area contributed by atoms with Crippen LogP contribution >= 0.6 is 27.3 Å². The molecule has 0 fully saturated rings. The van der Waals surface area contributed by atoms with Gasteiger partial charge in [-0.05, 0) is 39.5 Å². The van der Waals surface area contributed by atoms with E-state index in [1.165, 1.54) is 17.4 Å². The van der Waals surface area contributed by atoms with Crippen molar-refractivity contribution in [2.45, 2.75) is 11.0 Å². The molecule has 1 aromatic carbocycles. The van der Waals surface area contributed by atoms with E-state index in [4.69, 9.17) is 9.84 Å². The lowest BCUT2D eigenvalue weighted by atomic mass is 10.3. The molecule has 0 saturated heterocycles. The molecule has 0 radical (unpaired) electrons. The van der Waals surface area contributed by atoms with Crippen molar-refractivity contribution in [2.75, 3.05) is 19.8 Å². The van der Waals surface area contributed by atoms with Crippen LogP contribution in [0.15, 0.2) is 51.1 Å². The second kappa shape index (κ2) is 8.19. The molecule has 0 amide bonds. The van der Waals surface area contributed by atoms with Crippen LogP contribution in [0.5, 0.6) is 0 Å². The molecule has 5 nitrogen and oxygen atoms in total. The van der Waals surface area contributed by atoms with Crippen LogP contribution in [-0.2, 0) is 14.8 Å². The lowest BCUT2D eigenvalue weighted by molar-refractivity contribution is 0.0328. The van der Waals surface area contributed by atoms with Crippen molar-refractivity contribution < 1.29 is 18.3 Å². The van der Waals surface area contributed by atoms with E-state index < -0.39 is 16.1 Å². The Hall–Kier alpha value is -0.770. The summed E-state index contributed by atoms with van der Waals surface area (Å²) >= 11 is 4.72. The van der Waals surface area contributed by atoms with E-state index in [9.17, 15) is 8.42 Å². The maximum Gasteiger partial charge on any atom is 0.241 e. The number of rotatable bonds is 8. The van der Waals surface area contributed by atoms with Crippen molar-refractivity contribution in [2.24, 2.45) is 0 Å². The van der Waals surface area contributed by atoms with Gasteiger partial charge in [0, 0.05) is 15.9 Å². The fourth-order valence-corrected chi connectivity index (χ4v) is 4.64. The number of benzene rings is 1. The molecule has 2 aromatic rings. The monoisotopic (exact) mass is 405 g/mol. The molecule has 120 valence electrons. The number of nitrogens with one attached hydrogen (secondary N) is 1. The zero-order chi connectivity index (χ0) is 16.0. The van der Waals surface area contributed by atoms with Crippen molar-refractivity contribution >= 4 is 37.3 Å². The number of aliphatic hydroxyl groups excluding tert-OH is 1. The molecule has 0 saturated carbocycles. The number of thiophene rings is 1. The summed E-state index contributed by atoms with van der Waals surface area (Å²) in [6.07, 6.45) is -0.426. The zero-order valence-electron chi connectivity index (χ0n) is 11.6. The van der Waals surface area contributed by atoms with E-state index in [0.717, 1.165) is 4.88 Å². The van der Waals surface area contributed by atoms with Crippen LogP contribution in [0.4, 0.5) is 0 Å². The highest BCUT2D eigenvalue weighted by Gasteiger charge is 2.21. The Morgan fingerprint density at radius 2 is 2.05 bits per heavy atom. The molecule has 0 spiro atoms. The van der Waals surface area contributed by atoms with Crippen LogP contribution in [0.2, 0.25) is 0 Å². The molecule has 0 unspecified atom stereocenters. The fourth-order valence-electron chi connectivity index (χ4n) is 1.84. The minimum absolute atomic E-state index is 0.101. The van der Waals surface area contributed by atoms with Crippen LogP contribution in [0, 0.1) is 0 Å². The number of hydrogen-bond donors (Lipinski definition) is 2. The van der Waals surface area contributed by atoms with E-state index in [1.54, 1.807) is 18.2 Å². The van der Waals surface area contributed by atoms with Crippen LogP contribution in [0.3, 0.4) is 0 Å². The lowest BCUT2D eigenvalue weighted by Crippen LogP contribution is -2.30. The first-order valence-electron chi connectivity index (χ1n) is 6.54. The van der Waals surface area contributed by atoms with Gasteiger partial charge < -0.3 is 9.84 Å². The molecule has 22 heavy (non-hydrogen) atoms. The Balaban J connectivity index is 2.10. The second-order valence-corrected chi connectivity index (χ2v) is 7.95. The summed E-state index contributed by atoms with van der Waals surface area (Å²) in [4.78, 5) is 1.09. The standard InChI is InChI=1S/C14H16BrNO4S2/c15-11-4-1-2-6-14(11)22(18,19)16-10-12(20-8-7-17)13-5-3-9-21-13/h1-6,9,12,16-17H,7-8,10H2/t12-/m0/s1. The third-order valence-corrected chi connectivity index (χ3v) is 6.26. The van der Waals surface area contributed by atoms with Crippen LogP contribution in [0.25, 0.3) is 0 Å². The maximum absolute atomic E-state index is 12.4. The first-order chi connectivity index (χ1) is 10.5. The minimum atomic E-state index is -3.64. The number of sulfonamides is 1. The Bertz CT molecular complexity index is 689. The Morgan fingerprint density at radius 1 is 1.27 bits per heavy atom. The topological polar surface area (TPSA) is 75.6 Å². The fraction of sp³-hybridized carbons (Fsp3) is 0.286. The van der Waals surface area contributed by atoms with Crippen LogP contribution in [0.1, 0.15) is 11.0 Å². The molecule has 0 bridgehead atoms. The highest BCUT2D eigenvalue weighted by molar-refractivity contribution is 9.10. The molecule has 1 atom stereocenters. The summed E-state index contributed by atoms with van der Waals surface area (Å²) in [6, 6.07) is 10.4. The number of ether oxygens (including phenoxy) is 1. The molecule has 1 heterocycles. The minimum Gasteiger partial charge on any atom is -0.394 e. The van der Waals surface area contributed by atoms with E-state index >= 15 is 0 Å². The highest BCUT2D eigenvalue weighted by atomic mass is 79.9. The van der Waals surface area contributed by atoms with Crippen molar-refractivity contribution in [3.05, 3.63) is 51.1 Å². The van der Waals surface area contributed by atoms with E-state index in [1.807, 2.05) is 17.5 Å². The molecule has 0 aliphatic carbocycles. The van der Waals surface area contributed by atoms with Crippen molar-refractivity contribution in [1.82, 2.24) is 4.72 Å². The molecule has 0 aliphatic rings. The van der Waals surface area contributed by atoms with Gasteiger partial charge in [0.2, 0.25) is 10.0 Å². The average Bonchev–Trinajstić information content (AvgIpc) is 3.02. The summed E-state index contributed by atoms with van der Waals surface area (Å²) in [7, 11) is -3.64. The summed E-state index contributed by atoms with van der Waals surface area (Å²) in [5.74, 6) is 0. The van der Waals surface area contributed by atoms with Gasteiger partial charge >= 0.3 is 0 Å². The molecule has 8 heteroatoms. The molecule has 0 aliphatic heterocycles. The van der Waals surface area contributed by atoms with Crippen molar-refractivity contribution in [3.63, 3.8) is 0 Å². The van der Waals surface area contributed by atoms with Crippen molar-refractivity contribution in [3.8, 4) is 0 Å². The largest absolute Gasteiger partial charge is 0.394 e. The third-order valence-electron chi connectivity index (χ3n) is 2.86. The number of halogens is 1. The molecule has 2 N–H and O–H groups in total. The quantitative estimate of drug-likeness (QED) is 0.707. The zero-order valence-corrected chi connectivity index (χ0v) is 14.8. The summed E-state index contributed by atoms with van der Waals surface area (Å²) in [5.41, 5.74) is 0. The third kappa shape index (κ3) is 4.61. The highest BCUT2D eigenvalue weighted by Crippen LogP contribution is 2.24. The van der Waals surface area contributed by atoms with Gasteiger partial charge in [-0.25, -0.2) is 13.1 Å². The van der Waals surface area contributed by atoms with E-state index in [-0.39, 0.29) is 24.7 Å². The van der Waals surface area contributed by atoms with Gasteiger partial charge in [0.1, 0.15) is 6.10 Å². The van der Waals surface area contributed by atoms with Gasteiger partial charge in [-0.15, -0.1) is 11.3 Å². The Kier molecular flexibility index (Phi) is 6.54. The van der Waals surface area contributed by atoms with Crippen LogP contribution < -0.4 is 4.72 Å². The van der Waals surface area contributed by atoms with Gasteiger partial charge in [-0.1, -0.05) is 18.2 Å². The Labute approximate surface area is 142 Å². The Morgan fingerprint density at radius 3 is 2.68 bits per heavy atom. The van der Waals surface area contributed by atoms with Crippen molar-refractivity contribution in [1.29, 1.82) is 0 Å². The van der Waals surface area contributed by atoms with E-state index in [0.29, 0.717) is 4.47 Å². The smallest absolute Gasteiger partial charge is 0.241 e. The molecule has 1 aromatic heterocycles. The van der Waals surface area contributed by atoms with Gasteiger partial charge in [0.05, 0.1) is 18.1 Å². The molecule has 2 rings (SSSR count). The first kappa shape index (κ1) is 17.6. The lowest BCUT2D eigenvalue weighted by Gasteiger charge is -2.17. The summed E-state index contributed by atoms with van der Waals surface area (Å²) < 4.78 is 33.3. The summed E-state index contributed by atoms with van der Waals surface area (Å²) in [5, 5.41) is 10.8. The predicted molar refractivity (Wildman–Crippen MR) is 89.4 cm³/mol. The predicted octanol–water partition coefficient (Wildman–Crippen LogP) is 2.54. The van der Waals surface area contributed by atoms with Gasteiger partial charge in [0.25, 0.3) is 0 Å². The van der Waals surface area contributed by atoms with Gasteiger partial charge in [-0.3, -0.25) is 0 Å². The first-order valence-corrected chi connectivity index (χ1v) is 9.70. The number of aliphatic hydroxyl groups is 1. The summed E-state index contributed by atoms with van der Waals surface area (Å²) in [6.45, 7) is 0.141. The second-order valence-electron chi connectivity index (χ2n) is 4.38. The maximum atomic E-state index is 12.4. The SMILES string of the molecule is O=S(=O)(NC[C@H](OCCO)c1cccs1)c1ccccc1Br. The molecular weight excluding hydrogens is 390 g/mol.